The van der Waals surface area contributed by atoms with Gasteiger partial charge in [-0.3, -0.25) is 0 Å². The Balaban J connectivity index is 2.54. The van der Waals surface area contributed by atoms with Crippen LogP contribution in [0.3, 0.4) is 0 Å². The first-order valence-corrected chi connectivity index (χ1v) is 7.12. The van der Waals surface area contributed by atoms with Crippen molar-refractivity contribution in [2.24, 2.45) is 0 Å². The number of hydrogen-bond acceptors (Lipinski definition) is 3. The van der Waals surface area contributed by atoms with Gasteiger partial charge < -0.3 is 15.3 Å². The predicted molar refractivity (Wildman–Crippen MR) is 75.7 cm³/mol. The van der Waals surface area contributed by atoms with Crippen molar-refractivity contribution in [2.45, 2.75) is 32.4 Å². The fraction of sp³-hybridized carbons (Fsp3) is 0.500. The van der Waals surface area contributed by atoms with Crippen LogP contribution in [0.2, 0.25) is 4.34 Å². The molecule has 1 rings (SSSR count). The van der Waals surface area contributed by atoms with E-state index < -0.39 is 18.0 Å². The summed E-state index contributed by atoms with van der Waals surface area (Å²) in [6.07, 6.45) is 1.11. The van der Waals surface area contributed by atoms with Crippen LogP contribution in [0.4, 0.5) is 4.79 Å². The minimum Gasteiger partial charge on any atom is -0.480 e. The maximum Gasteiger partial charge on any atom is 0.326 e. The average molecular weight is 305 g/mol. The summed E-state index contributed by atoms with van der Waals surface area (Å²) in [5, 5.41) is 11.5. The number of thiophene rings is 1. The summed E-state index contributed by atoms with van der Waals surface area (Å²) in [5.74, 6) is -1.01. The Hall–Kier alpha value is -1.27. The van der Waals surface area contributed by atoms with E-state index in [4.69, 9.17) is 16.7 Å². The van der Waals surface area contributed by atoms with Gasteiger partial charge in [0.2, 0.25) is 0 Å². The van der Waals surface area contributed by atoms with Crippen LogP contribution in [0.5, 0.6) is 0 Å². The lowest BCUT2D eigenvalue weighted by molar-refractivity contribution is -0.139. The van der Waals surface area contributed by atoms with Crippen LogP contribution in [0.25, 0.3) is 0 Å². The van der Waals surface area contributed by atoms with Gasteiger partial charge in [0, 0.05) is 11.9 Å². The molecular weight excluding hydrogens is 288 g/mol. The van der Waals surface area contributed by atoms with Crippen molar-refractivity contribution in [2.75, 3.05) is 7.05 Å². The monoisotopic (exact) mass is 304 g/mol. The number of hydrogen-bond donors (Lipinski definition) is 2. The van der Waals surface area contributed by atoms with Gasteiger partial charge in [-0.15, -0.1) is 11.3 Å². The van der Waals surface area contributed by atoms with Crippen molar-refractivity contribution in [3.05, 3.63) is 21.3 Å². The second kappa shape index (κ2) is 7.35. The van der Waals surface area contributed by atoms with Crippen molar-refractivity contribution < 1.29 is 14.7 Å². The smallest absolute Gasteiger partial charge is 0.326 e. The largest absolute Gasteiger partial charge is 0.480 e. The third kappa shape index (κ3) is 5.08. The molecule has 1 atom stereocenters. The number of aliphatic carboxylic acids is 1. The summed E-state index contributed by atoms with van der Waals surface area (Å²) in [6, 6.07) is 2.37. The van der Waals surface area contributed by atoms with Crippen LogP contribution in [-0.2, 0) is 11.3 Å². The molecule has 0 unspecified atom stereocenters. The molecule has 0 saturated carbocycles. The Kier molecular flexibility index (Phi) is 6.11. The molecule has 2 N–H and O–H groups in total. The molecule has 0 spiro atoms. The van der Waals surface area contributed by atoms with Crippen LogP contribution in [0, 0.1) is 0 Å². The van der Waals surface area contributed by atoms with Crippen molar-refractivity contribution in [1.82, 2.24) is 10.2 Å². The van der Waals surface area contributed by atoms with Gasteiger partial charge >= 0.3 is 12.0 Å². The molecule has 0 aromatic carbocycles. The third-order valence-corrected chi connectivity index (χ3v) is 3.76. The number of carboxylic acid groups (broad SMARTS) is 1. The first-order chi connectivity index (χ1) is 8.93. The fourth-order valence-electron chi connectivity index (χ4n) is 1.55. The van der Waals surface area contributed by atoms with E-state index in [1.807, 2.05) is 13.0 Å². The van der Waals surface area contributed by atoms with Gasteiger partial charge in [-0.1, -0.05) is 24.9 Å². The Morgan fingerprint density at radius 3 is 2.68 bits per heavy atom. The van der Waals surface area contributed by atoms with Gasteiger partial charge in [0.05, 0.1) is 10.9 Å². The highest BCUT2D eigenvalue weighted by Crippen LogP contribution is 2.22. The summed E-state index contributed by atoms with van der Waals surface area (Å²) < 4.78 is 0.665. The molecule has 1 aromatic rings. The molecule has 7 heteroatoms. The van der Waals surface area contributed by atoms with E-state index in [0.29, 0.717) is 23.7 Å². The molecule has 0 radical (unpaired) electrons. The zero-order valence-corrected chi connectivity index (χ0v) is 12.4. The molecule has 0 bridgehead atoms. The van der Waals surface area contributed by atoms with E-state index in [1.54, 1.807) is 13.1 Å². The highest BCUT2D eigenvalue weighted by Gasteiger charge is 2.20. The number of nitrogens with zero attached hydrogens (tertiary/aromatic N) is 1. The maximum atomic E-state index is 11.9. The van der Waals surface area contributed by atoms with E-state index in [0.717, 1.165) is 4.88 Å². The zero-order valence-electron chi connectivity index (χ0n) is 10.9. The van der Waals surface area contributed by atoms with E-state index in [2.05, 4.69) is 5.32 Å². The van der Waals surface area contributed by atoms with Crippen LogP contribution >= 0.6 is 22.9 Å². The number of carbonyl (C=O) groups is 2. The Morgan fingerprint density at radius 2 is 2.21 bits per heavy atom. The van der Waals surface area contributed by atoms with Gasteiger partial charge in [0.25, 0.3) is 0 Å². The first-order valence-electron chi connectivity index (χ1n) is 5.92. The molecule has 0 aliphatic carbocycles. The molecule has 0 aliphatic heterocycles. The number of urea groups is 1. The highest BCUT2D eigenvalue weighted by atomic mass is 35.5. The number of halogens is 1. The highest BCUT2D eigenvalue weighted by molar-refractivity contribution is 7.16. The average Bonchev–Trinajstić information content (AvgIpc) is 2.73. The molecule has 19 heavy (non-hydrogen) atoms. The van der Waals surface area contributed by atoms with Gasteiger partial charge in [0.15, 0.2) is 0 Å². The Bertz CT molecular complexity index is 450. The van der Waals surface area contributed by atoms with Crippen molar-refractivity contribution in [1.29, 1.82) is 0 Å². The number of amides is 2. The number of carbonyl (C=O) groups excluding carboxylic acids is 1. The van der Waals surface area contributed by atoms with Crippen molar-refractivity contribution in [3.8, 4) is 0 Å². The topological polar surface area (TPSA) is 69.6 Å². The predicted octanol–water partition coefficient (Wildman–Crippen LogP) is 2.80. The molecule has 1 aromatic heterocycles. The molecule has 0 fully saturated rings. The molecule has 106 valence electrons. The minimum absolute atomic E-state index is 0.398. The Morgan fingerprint density at radius 1 is 1.53 bits per heavy atom. The lowest BCUT2D eigenvalue weighted by atomic mass is 10.2. The van der Waals surface area contributed by atoms with Crippen LogP contribution in [-0.4, -0.2) is 35.1 Å². The van der Waals surface area contributed by atoms with Crippen LogP contribution < -0.4 is 5.32 Å². The lowest BCUT2D eigenvalue weighted by Gasteiger charge is -2.20. The Labute approximate surface area is 121 Å². The quantitative estimate of drug-likeness (QED) is 0.849. The molecule has 0 aliphatic rings. The number of carboxylic acids is 1. The van der Waals surface area contributed by atoms with E-state index in [-0.39, 0.29) is 0 Å². The van der Waals surface area contributed by atoms with Crippen LogP contribution in [0.15, 0.2) is 12.1 Å². The van der Waals surface area contributed by atoms with E-state index >= 15 is 0 Å². The van der Waals surface area contributed by atoms with Gasteiger partial charge in [-0.2, -0.15) is 0 Å². The second-order valence-electron chi connectivity index (χ2n) is 4.19. The SMILES string of the molecule is CCC[C@@H](NC(=O)N(C)Cc1ccc(Cl)s1)C(=O)O. The molecule has 1 heterocycles. The van der Waals surface area contributed by atoms with Gasteiger partial charge in [0.1, 0.15) is 6.04 Å². The fourth-order valence-corrected chi connectivity index (χ4v) is 2.69. The van der Waals surface area contributed by atoms with E-state index in [1.165, 1.54) is 16.2 Å². The minimum atomic E-state index is -1.01. The normalized spacial score (nSPS) is 11.9. The summed E-state index contributed by atoms with van der Waals surface area (Å²) >= 11 is 7.21. The number of nitrogens with one attached hydrogen (secondary N) is 1. The summed E-state index contributed by atoms with van der Waals surface area (Å²) in [7, 11) is 1.62. The summed E-state index contributed by atoms with van der Waals surface area (Å²) in [6.45, 7) is 2.28. The maximum absolute atomic E-state index is 11.9. The van der Waals surface area contributed by atoms with Gasteiger partial charge in [-0.05, 0) is 18.6 Å². The second-order valence-corrected chi connectivity index (χ2v) is 5.99. The zero-order chi connectivity index (χ0) is 14.4. The first kappa shape index (κ1) is 15.8. The standard InChI is InChI=1S/C12H17ClN2O3S/c1-3-4-9(11(16)17)14-12(18)15(2)7-8-5-6-10(13)19-8/h5-6,9H,3-4,7H2,1-2H3,(H,14,18)(H,16,17)/t9-/m1/s1. The third-order valence-electron chi connectivity index (χ3n) is 2.54. The molecule has 2 amide bonds. The van der Waals surface area contributed by atoms with Crippen molar-refractivity contribution in [3.63, 3.8) is 0 Å². The van der Waals surface area contributed by atoms with Crippen molar-refractivity contribution >= 4 is 34.9 Å². The van der Waals surface area contributed by atoms with Gasteiger partial charge in [-0.25, -0.2) is 9.59 Å². The summed E-state index contributed by atoms with van der Waals surface area (Å²) in [4.78, 5) is 25.2. The summed E-state index contributed by atoms with van der Waals surface area (Å²) in [5.41, 5.74) is 0. The molecular formula is C12H17ClN2O3S. The lowest BCUT2D eigenvalue weighted by Crippen LogP contribution is -2.46. The van der Waals surface area contributed by atoms with Crippen LogP contribution in [0.1, 0.15) is 24.6 Å². The van der Waals surface area contributed by atoms with E-state index in [9.17, 15) is 9.59 Å². The molecule has 5 nitrogen and oxygen atoms in total. The number of rotatable bonds is 6. The molecule has 0 saturated heterocycles.